The number of carbonyl (C=O) groups is 6. The Hall–Kier alpha value is -7.76. The maximum atomic E-state index is 14.2. The molecule has 0 aromatic heterocycles. The van der Waals surface area contributed by atoms with Gasteiger partial charge in [0.05, 0.1) is 95.6 Å². The Morgan fingerprint density at radius 3 is 1.28 bits per heavy atom. The van der Waals surface area contributed by atoms with E-state index in [1.807, 2.05) is 10.9 Å². The van der Waals surface area contributed by atoms with Crippen molar-refractivity contribution >= 4 is 46.4 Å². The number of nitrogens with zero attached hydrogens (tertiary/aromatic N) is 2. The van der Waals surface area contributed by atoms with E-state index in [2.05, 4.69) is 10.2 Å². The molecule has 26 nitrogen and oxygen atoms in total. The molecule has 12 atom stereocenters. The first kappa shape index (κ1) is 57.5. The molecule has 2 fully saturated rings. The van der Waals surface area contributed by atoms with Crippen LogP contribution in [-0.4, -0.2) is 162 Å². The highest BCUT2D eigenvalue weighted by Crippen LogP contribution is 2.55. The lowest BCUT2D eigenvalue weighted by molar-refractivity contribution is -0.246. The molecule has 434 valence electrons. The molecular weight excluding hydrogens is 1080 g/mol. The number of fused-ring (bicyclic) bond motifs is 6. The van der Waals surface area contributed by atoms with Crippen molar-refractivity contribution in [2.75, 3.05) is 14.2 Å². The monoisotopic (exact) mass is 1140 g/mol. The largest absolute Gasteiger partial charge is 0.507 e. The number of nitrogens with two attached hydrogens (primary N) is 2. The molecule has 4 aromatic carbocycles. The summed E-state index contributed by atoms with van der Waals surface area (Å²) in [6.07, 6.45) is -11.7. The number of hydrogen-bond donors (Lipinski definition) is 12. The molecule has 12 unspecified atom stereocenters. The van der Waals surface area contributed by atoms with Gasteiger partial charge in [-0.3, -0.25) is 28.8 Å². The van der Waals surface area contributed by atoms with Gasteiger partial charge in [-0.05, 0) is 39.8 Å². The summed E-state index contributed by atoms with van der Waals surface area (Å²) in [6.45, 7) is 5.60. The molecule has 2 amide bonds. The number of hydrogen-bond acceptors (Lipinski definition) is 24. The van der Waals surface area contributed by atoms with Gasteiger partial charge in [0.25, 0.3) is 0 Å². The van der Waals surface area contributed by atoms with Gasteiger partial charge in [0, 0.05) is 84.0 Å². The summed E-state index contributed by atoms with van der Waals surface area (Å²) in [5.74, 6) is -9.33. The van der Waals surface area contributed by atoms with Crippen molar-refractivity contribution < 1.29 is 98.0 Å². The maximum Gasteiger partial charge on any atom is 0.331 e. The Kier molecular flexibility index (Phi) is 14.9. The predicted octanol–water partition coefficient (Wildman–Crippen LogP) is 0.878. The number of benzene rings is 4. The average molecular weight is 1140 g/mol. The van der Waals surface area contributed by atoms with Crippen LogP contribution in [0.2, 0.25) is 0 Å². The Bertz CT molecular complexity index is 3240. The zero-order valence-corrected chi connectivity index (χ0v) is 45.0. The van der Waals surface area contributed by atoms with Crippen LogP contribution in [0.3, 0.4) is 0 Å². The summed E-state index contributed by atoms with van der Waals surface area (Å²) in [7, 11) is 2.58. The van der Waals surface area contributed by atoms with Crippen molar-refractivity contribution in [1.82, 2.24) is 10.9 Å². The Labute approximate surface area is 466 Å². The number of aliphatic hydroxyl groups is 4. The highest BCUT2D eigenvalue weighted by Gasteiger charge is 2.52. The van der Waals surface area contributed by atoms with Gasteiger partial charge in [-0.15, -0.1) is 0 Å². The molecule has 82 heavy (non-hydrogen) atoms. The van der Waals surface area contributed by atoms with Gasteiger partial charge in [0.2, 0.25) is 11.6 Å². The number of carbonyl (C=O) groups excluding carboxylic acids is 6. The van der Waals surface area contributed by atoms with Crippen molar-refractivity contribution in [3.05, 3.63) is 103 Å². The van der Waals surface area contributed by atoms with E-state index in [1.54, 1.807) is 13.8 Å². The number of methoxy groups -OCH3 is 2. The van der Waals surface area contributed by atoms with Gasteiger partial charge in [-0.2, -0.15) is 10.2 Å². The van der Waals surface area contributed by atoms with Crippen molar-refractivity contribution in [3.8, 4) is 34.5 Å². The second-order valence-corrected chi connectivity index (χ2v) is 21.4. The van der Waals surface area contributed by atoms with Crippen molar-refractivity contribution in [3.63, 3.8) is 0 Å². The fraction of sp³-hybridized carbons (Fsp3) is 0.429. The molecule has 0 spiro atoms. The fourth-order valence-electron chi connectivity index (χ4n) is 11.9. The van der Waals surface area contributed by atoms with Crippen LogP contribution in [0.25, 0.3) is 0 Å². The summed E-state index contributed by atoms with van der Waals surface area (Å²) in [4.78, 5) is 83.5. The SMILES string of the molecule is COc1cccc2c1C(=O)c1c(O)c3c(c(O)c1C2=O)CC(O)(C(C)=NNC(=O)C(=O)NN=C(C)C1(O)Cc2c(O)c4c(c(O)c2C(OC2CC(N)C(O)C(C)O2)C1)C(=O)c1c(OC)cccc1C4=O)CC3OC1CC(N)C(O)C(C)O1. The van der Waals surface area contributed by atoms with Crippen LogP contribution >= 0.6 is 0 Å². The molecule has 2 saturated heterocycles. The van der Waals surface area contributed by atoms with Crippen LogP contribution in [0.1, 0.15) is 152 Å². The Balaban J connectivity index is 0.927. The quantitative estimate of drug-likeness (QED) is 0.0392. The number of ketones is 4. The molecule has 2 aliphatic heterocycles. The minimum Gasteiger partial charge on any atom is -0.507 e. The Morgan fingerprint density at radius 1 is 0.585 bits per heavy atom. The summed E-state index contributed by atoms with van der Waals surface area (Å²) in [5.41, 5.74) is 7.71. The number of rotatable bonds is 10. The normalized spacial score (nSPS) is 29.6. The van der Waals surface area contributed by atoms with Gasteiger partial charge in [0.15, 0.2) is 24.1 Å². The van der Waals surface area contributed by atoms with E-state index < -0.39 is 178 Å². The molecule has 0 bridgehead atoms. The first-order valence-corrected chi connectivity index (χ1v) is 26.1. The van der Waals surface area contributed by atoms with Gasteiger partial charge >= 0.3 is 11.8 Å². The molecule has 4 aliphatic carbocycles. The van der Waals surface area contributed by atoms with Gasteiger partial charge in [-0.1, -0.05) is 24.3 Å². The molecule has 0 radical (unpaired) electrons. The lowest BCUT2D eigenvalue weighted by Crippen LogP contribution is -2.52. The lowest BCUT2D eigenvalue weighted by atomic mass is 9.71. The second kappa shape index (κ2) is 21.2. The lowest BCUT2D eigenvalue weighted by Gasteiger charge is -2.42. The topological polar surface area (TPSA) is 420 Å². The number of phenols is 4. The Morgan fingerprint density at radius 2 is 0.939 bits per heavy atom. The molecule has 2 heterocycles. The molecule has 4 aromatic rings. The van der Waals surface area contributed by atoms with Crippen LogP contribution in [-0.2, 0) is 41.4 Å². The van der Waals surface area contributed by atoms with Crippen LogP contribution in [0.5, 0.6) is 34.5 Å². The van der Waals surface area contributed by atoms with Crippen LogP contribution in [0, 0.1) is 0 Å². The molecule has 10 rings (SSSR count). The smallest absolute Gasteiger partial charge is 0.331 e. The highest BCUT2D eigenvalue weighted by atomic mass is 16.7. The van der Waals surface area contributed by atoms with Gasteiger partial charge < -0.3 is 80.7 Å². The minimum atomic E-state index is -2.22. The van der Waals surface area contributed by atoms with E-state index in [0.29, 0.717) is 0 Å². The number of amides is 2. The van der Waals surface area contributed by atoms with Crippen molar-refractivity contribution in [1.29, 1.82) is 0 Å². The van der Waals surface area contributed by atoms with E-state index in [1.165, 1.54) is 64.5 Å². The zero-order chi connectivity index (χ0) is 59.3. The molecule has 14 N–H and O–H groups in total. The van der Waals surface area contributed by atoms with Crippen LogP contribution < -0.4 is 31.8 Å². The highest BCUT2D eigenvalue weighted by molar-refractivity contribution is 6.35. The molecule has 0 saturated carbocycles. The number of hydrazone groups is 2. The third-order valence-corrected chi connectivity index (χ3v) is 16.5. The minimum absolute atomic E-state index is 0.0266. The van der Waals surface area contributed by atoms with Gasteiger partial charge in [0.1, 0.15) is 45.7 Å². The summed E-state index contributed by atoms with van der Waals surface area (Å²) in [6, 6.07) is 6.80. The number of nitrogens with one attached hydrogen (secondary N) is 2. The van der Waals surface area contributed by atoms with E-state index in [-0.39, 0.29) is 80.3 Å². The first-order chi connectivity index (χ1) is 38.7. The number of ether oxygens (including phenoxy) is 6. The van der Waals surface area contributed by atoms with Crippen molar-refractivity contribution in [2.45, 2.75) is 139 Å². The van der Waals surface area contributed by atoms with Gasteiger partial charge in [-0.25, -0.2) is 10.9 Å². The van der Waals surface area contributed by atoms with Crippen LogP contribution in [0.4, 0.5) is 0 Å². The molecule has 26 heteroatoms. The molecule has 6 aliphatic rings. The van der Waals surface area contributed by atoms with Crippen LogP contribution in [0.15, 0.2) is 46.6 Å². The van der Waals surface area contributed by atoms with E-state index in [9.17, 15) is 69.6 Å². The summed E-state index contributed by atoms with van der Waals surface area (Å²) >= 11 is 0. The van der Waals surface area contributed by atoms with Crippen molar-refractivity contribution in [2.24, 2.45) is 21.7 Å². The summed E-state index contributed by atoms with van der Waals surface area (Å²) in [5, 5.41) is 102. The fourth-order valence-corrected chi connectivity index (χ4v) is 11.9. The van der Waals surface area contributed by atoms with E-state index in [4.69, 9.17) is 39.9 Å². The average Bonchev–Trinajstić information content (AvgIpc) is 1.15. The predicted molar refractivity (Wildman–Crippen MR) is 282 cm³/mol. The van der Waals surface area contributed by atoms with E-state index >= 15 is 0 Å². The second-order valence-electron chi connectivity index (χ2n) is 21.4. The first-order valence-electron chi connectivity index (χ1n) is 26.1. The third kappa shape index (κ3) is 9.33. The number of phenolic OH excluding ortho intramolecular Hbond substituents is 4. The zero-order valence-electron chi connectivity index (χ0n) is 45.0. The number of aliphatic hydroxyl groups excluding tert-OH is 2. The standard InChI is InChI=1S/C56H60N6O20/c1-19-43(63)27(57)13-33(79-19)81-31-17-55(75,15-25-37(31)51(71)41-39(47(25)67)45(65)23-9-7-11-29(77-5)35(23)49(41)69)21(3)59-61-53(73)54(74)62-60-22(4)56(76)16-26-38(32(18-56)82-34-14-28(58)44(64)20(2)80-34)52(72)42-40(48(26)68)46(66)24-10-8-12-30(78-6)36(24)50(42)70/h7-12,19-20,27-28,31-34,43-44,63-64,67-68,71-72,75-76H,13-18,57-58H2,1-6H3,(H,61,73)(H,62,74). The summed E-state index contributed by atoms with van der Waals surface area (Å²) < 4.78 is 35.1. The van der Waals surface area contributed by atoms with E-state index in [0.717, 1.165) is 0 Å². The maximum absolute atomic E-state index is 14.2. The molecular formula is C56H60N6O20. The number of aromatic hydroxyl groups is 4. The third-order valence-electron chi connectivity index (χ3n) is 16.5.